The standard InChI is InChI=1S/C14H20N2O2/c1-15-9-10-16(13(11-15)14(17)18)8-7-12-5-3-2-4-6-12/h2-6,13H,7-11H2,1H3,(H,17,18). The summed E-state index contributed by atoms with van der Waals surface area (Å²) in [7, 11) is 1.98. The quantitative estimate of drug-likeness (QED) is 0.861. The first kappa shape index (κ1) is 13.1. The molecular formula is C14H20N2O2. The molecule has 1 unspecified atom stereocenters. The van der Waals surface area contributed by atoms with Crippen molar-refractivity contribution in [2.45, 2.75) is 12.5 Å². The fourth-order valence-corrected chi connectivity index (χ4v) is 2.38. The molecule has 0 aliphatic carbocycles. The predicted molar refractivity (Wildman–Crippen MR) is 70.6 cm³/mol. The number of hydrogen-bond donors (Lipinski definition) is 1. The molecule has 1 aromatic carbocycles. The van der Waals surface area contributed by atoms with Gasteiger partial charge in [0.05, 0.1) is 0 Å². The number of hydrogen-bond acceptors (Lipinski definition) is 3. The summed E-state index contributed by atoms with van der Waals surface area (Å²) in [5, 5.41) is 9.26. The Labute approximate surface area is 108 Å². The summed E-state index contributed by atoms with van der Waals surface area (Å²) in [5.74, 6) is -0.713. The maximum atomic E-state index is 11.3. The molecule has 1 N–H and O–H groups in total. The van der Waals surface area contributed by atoms with Crippen LogP contribution in [0, 0.1) is 0 Å². The van der Waals surface area contributed by atoms with Crippen molar-refractivity contribution in [2.75, 3.05) is 33.2 Å². The average molecular weight is 248 g/mol. The Morgan fingerprint density at radius 1 is 1.33 bits per heavy atom. The van der Waals surface area contributed by atoms with Gasteiger partial charge in [-0.3, -0.25) is 9.69 Å². The van der Waals surface area contributed by atoms with E-state index >= 15 is 0 Å². The molecule has 0 bridgehead atoms. The molecular weight excluding hydrogens is 228 g/mol. The van der Waals surface area contributed by atoms with E-state index in [0.717, 1.165) is 26.1 Å². The number of benzene rings is 1. The number of piperazine rings is 1. The lowest BCUT2D eigenvalue weighted by Gasteiger charge is -2.37. The molecule has 1 aliphatic rings. The van der Waals surface area contributed by atoms with Crippen LogP contribution in [-0.4, -0.2) is 60.1 Å². The van der Waals surface area contributed by atoms with Gasteiger partial charge in [-0.1, -0.05) is 30.3 Å². The minimum atomic E-state index is -0.713. The summed E-state index contributed by atoms with van der Waals surface area (Å²) in [6, 6.07) is 9.85. The van der Waals surface area contributed by atoms with Gasteiger partial charge in [0.25, 0.3) is 0 Å². The molecule has 0 saturated carbocycles. The molecule has 1 aromatic rings. The van der Waals surface area contributed by atoms with Crippen LogP contribution < -0.4 is 0 Å². The van der Waals surface area contributed by atoms with Crippen LogP contribution in [0.4, 0.5) is 0 Å². The van der Waals surface area contributed by atoms with Gasteiger partial charge in [0.1, 0.15) is 6.04 Å². The van der Waals surface area contributed by atoms with Crippen molar-refractivity contribution in [1.29, 1.82) is 0 Å². The van der Waals surface area contributed by atoms with E-state index in [1.165, 1.54) is 5.56 Å². The van der Waals surface area contributed by atoms with E-state index in [1.807, 2.05) is 25.2 Å². The van der Waals surface area contributed by atoms with Crippen molar-refractivity contribution in [3.8, 4) is 0 Å². The number of likely N-dealkylation sites (N-methyl/N-ethyl adjacent to an activating group) is 1. The molecule has 18 heavy (non-hydrogen) atoms. The molecule has 0 amide bonds. The van der Waals surface area contributed by atoms with Crippen LogP contribution >= 0.6 is 0 Å². The minimum absolute atomic E-state index is 0.368. The summed E-state index contributed by atoms with van der Waals surface area (Å²) >= 11 is 0. The van der Waals surface area contributed by atoms with Gasteiger partial charge < -0.3 is 10.0 Å². The smallest absolute Gasteiger partial charge is 0.322 e. The van der Waals surface area contributed by atoms with E-state index in [9.17, 15) is 9.90 Å². The Bertz CT molecular complexity index is 394. The van der Waals surface area contributed by atoms with Crippen molar-refractivity contribution in [2.24, 2.45) is 0 Å². The first-order valence-electron chi connectivity index (χ1n) is 6.36. The molecule has 1 atom stereocenters. The largest absolute Gasteiger partial charge is 0.480 e. The third kappa shape index (κ3) is 3.31. The molecule has 0 aromatic heterocycles. The molecule has 1 fully saturated rings. The van der Waals surface area contributed by atoms with Crippen LogP contribution in [0.25, 0.3) is 0 Å². The Morgan fingerprint density at radius 2 is 2.06 bits per heavy atom. The molecule has 2 rings (SSSR count). The highest BCUT2D eigenvalue weighted by Gasteiger charge is 2.30. The highest BCUT2D eigenvalue weighted by Crippen LogP contribution is 2.10. The molecule has 4 heteroatoms. The average Bonchev–Trinajstić information content (AvgIpc) is 2.38. The monoisotopic (exact) mass is 248 g/mol. The fourth-order valence-electron chi connectivity index (χ4n) is 2.38. The molecule has 0 spiro atoms. The summed E-state index contributed by atoms with van der Waals surface area (Å²) in [6.45, 7) is 3.21. The summed E-state index contributed by atoms with van der Waals surface area (Å²) in [5.41, 5.74) is 1.26. The van der Waals surface area contributed by atoms with Crippen molar-refractivity contribution in [1.82, 2.24) is 9.80 Å². The first-order valence-corrected chi connectivity index (χ1v) is 6.36. The van der Waals surface area contributed by atoms with Gasteiger partial charge in [-0.2, -0.15) is 0 Å². The molecule has 4 nitrogen and oxygen atoms in total. The van der Waals surface area contributed by atoms with E-state index in [-0.39, 0.29) is 6.04 Å². The number of carboxylic acid groups (broad SMARTS) is 1. The lowest BCUT2D eigenvalue weighted by Crippen LogP contribution is -2.55. The van der Waals surface area contributed by atoms with E-state index in [1.54, 1.807) is 0 Å². The van der Waals surface area contributed by atoms with E-state index in [0.29, 0.717) is 6.54 Å². The van der Waals surface area contributed by atoms with Gasteiger partial charge in [-0.05, 0) is 19.0 Å². The van der Waals surface area contributed by atoms with Gasteiger partial charge in [-0.25, -0.2) is 0 Å². The number of aliphatic carboxylic acids is 1. The van der Waals surface area contributed by atoms with Gasteiger partial charge >= 0.3 is 5.97 Å². The molecule has 1 heterocycles. The van der Waals surface area contributed by atoms with E-state index in [4.69, 9.17) is 0 Å². The minimum Gasteiger partial charge on any atom is -0.480 e. The van der Waals surface area contributed by atoms with Gasteiger partial charge in [0, 0.05) is 26.2 Å². The third-order valence-electron chi connectivity index (χ3n) is 3.51. The van der Waals surface area contributed by atoms with Crippen LogP contribution in [0.3, 0.4) is 0 Å². The van der Waals surface area contributed by atoms with Crippen LogP contribution in [0.5, 0.6) is 0 Å². The van der Waals surface area contributed by atoms with Gasteiger partial charge in [-0.15, -0.1) is 0 Å². The van der Waals surface area contributed by atoms with E-state index in [2.05, 4.69) is 21.9 Å². The van der Waals surface area contributed by atoms with Crippen LogP contribution in [0.1, 0.15) is 5.56 Å². The maximum absolute atomic E-state index is 11.3. The lowest BCUT2D eigenvalue weighted by molar-refractivity contribution is -0.145. The Kier molecular flexibility index (Phi) is 4.33. The molecule has 1 saturated heterocycles. The van der Waals surface area contributed by atoms with Crippen LogP contribution in [0.2, 0.25) is 0 Å². The maximum Gasteiger partial charge on any atom is 0.322 e. The van der Waals surface area contributed by atoms with Crippen molar-refractivity contribution >= 4 is 5.97 Å². The highest BCUT2D eigenvalue weighted by molar-refractivity contribution is 5.74. The second kappa shape index (κ2) is 5.98. The third-order valence-corrected chi connectivity index (χ3v) is 3.51. The predicted octanol–water partition coefficient (Wildman–Crippen LogP) is 0.930. The summed E-state index contributed by atoms with van der Waals surface area (Å²) < 4.78 is 0. The molecule has 1 aliphatic heterocycles. The molecule has 0 radical (unpaired) electrons. The van der Waals surface area contributed by atoms with Crippen molar-refractivity contribution in [3.05, 3.63) is 35.9 Å². The zero-order chi connectivity index (χ0) is 13.0. The fraction of sp³-hybridized carbons (Fsp3) is 0.500. The topological polar surface area (TPSA) is 43.8 Å². The van der Waals surface area contributed by atoms with Crippen LogP contribution in [-0.2, 0) is 11.2 Å². The van der Waals surface area contributed by atoms with Crippen LogP contribution in [0.15, 0.2) is 30.3 Å². The first-order chi connectivity index (χ1) is 8.66. The Hall–Kier alpha value is -1.39. The van der Waals surface area contributed by atoms with Crippen molar-refractivity contribution in [3.63, 3.8) is 0 Å². The SMILES string of the molecule is CN1CCN(CCc2ccccc2)C(C(=O)O)C1. The lowest BCUT2D eigenvalue weighted by atomic mass is 10.1. The number of carbonyl (C=O) groups is 1. The van der Waals surface area contributed by atoms with Gasteiger partial charge in [0.15, 0.2) is 0 Å². The Balaban J connectivity index is 1.93. The van der Waals surface area contributed by atoms with Gasteiger partial charge in [0.2, 0.25) is 0 Å². The zero-order valence-corrected chi connectivity index (χ0v) is 10.7. The second-order valence-corrected chi connectivity index (χ2v) is 4.89. The summed E-state index contributed by atoms with van der Waals surface area (Å²) in [4.78, 5) is 15.4. The zero-order valence-electron chi connectivity index (χ0n) is 10.7. The number of nitrogens with zero attached hydrogens (tertiary/aromatic N) is 2. The van der Waals surface area contributed by atoms with E-state index < -0.39 is 5.97 Å². The number of rotatable bonds is 4. The van der Waals surface area contributed by atoms with Crippen molar-refractivity contribution < 1.29 is 9.90 Å². The summed E-state index contributed by atoms with van der Waals surface area (Å²) in [6.07, 6.45) is 0.911. The highest BCUT2D eigenvalue weighted by atomic mass is 16.4. The number of carboxylic acids is 1. The Morgan fingerprint density at radius 3 is 2.72 bits per heavy atom. The molecule has 98 valence electrons. The normalized spacial score (nSPS) is 21.9. The second-order valence-electron chi connectivity index (χ2n) is 4.89.